The summed E-state index contributed by atoms with van der Waals surface area (Å²) >= 11 is 9.51. The van der Waals surface area contributed by atoms with Crippen molar-refractivity contribution in [1.82, 2.24) is 0 Å². The Bertz CT molecular complexity index is 437. The number of nitrogens with two attached hydrogens (primary N) is 1. The first-order valence-corrected chi connectivity index (χ1v) is 6.94. The average Bonchev–Trinajstić information content (AvgIpc) is 2.29. The molecule has 0 heterocycles. The van der Waals surface area contributed by atoms with Crippen LogP contribution in [0.1, 0.15) is 25.3 Å². The van der Waals surface area contributed by atoms with Crippen LogP contribution in [-0.4, -0.2) is 12.5 Å². The first kappa shape index (κ1) is 15.3. The van der Waals surface area contributed by atoms with E-state index in [-0.39, 0.29) is 11.8 Å². The van der Waals surface area contributed by atoms with Gasteiger partial charge in [0.2, 0.25) is 5.91 Å². The van der Waals surface area contributed by atoms with Crippen LogP contribution in [0.2, 0.25) is 5.02 Å². The number of hydrogen-bond donors (Lipinski definition) is 1. The molecule has 1 atom stereocenters. The van der Waals surface area contributed by atoms with E-state index in [2.05, 4.69) is 15.9 Å². The second-order valence-corrected chi connectivity index (χ2v) is 5.71. The fraction of sp³-hybridized carbons (Fsp3) is 0.462. The number of halogens is 2. The molecule has 1 amide bonds. The first-order chi connectivity index (χ1) is 8.40. The topological polar surface area (TPSA) is 52.3 Å². The number of rotatable bonds is 6. The number of ether oxygens (including phenoxy) is 1. The van der Waals surface area contributed by atoms with Gasteiger partial charge in [0.1, 0.15) is 5.75 Å². The van der Waals surface area contributed by atoms with Crippen LogP contribution in [0.25, 0.3) is 0 Å². The minimum Gasteiger partial charge on any atom is -0.492 e. The summed E-state index contributed by atoms with van der Waals surface area (Å²) in [5.74, 6) is 0.639. The summed E-state index contributed by atoms with van der Waals surface area (Å²) in [6, 6.07) is 3.83. The molecule has 0 fully saturated rings. The third-order valence-electron chi connectivity index (χ3n) is 2.55. The predicted octanol–water partition coefficient (Wildman–Crippen LogP) is 3.69. The second kappa shape index (κ2) is 7.00. The summed E-state index contributed by atoms with van der Waals surface area (Å²) in [4.78, 5) is 10.7. The fourth-order valence-corrected chi connectivity index (χ4v) is 2.22. The van der Waals surface area contributed by atoms with E-state index in [4.69, 9.17) is 22.1 Å². The molecule has 0 saturated heterocycles. The van der Waals surface area contributed by atoms with Crippen LogP contribution in [0, 0.1) is 12.8 Å². The molecule has 0 saturated carbocycles. The number of carbonyl (C=O) groups is 1. The van der Waals surface area contributed by atoms with E-state index < -0.39 is 0 Å². The Morgan fingerprint density at radius 3 is 2.83 bits per heavy atom. The quantitative estimate of drug-likeness (QED) is 0.862. The van der Waals surface area contributed by atoms with Crippen LogP contribution in [0.4, 0.5) is 0 Å². The van der Waals surface area contributed by atoms with Gasteiger partial charge in [-0.2, -0.15) is 0 Å². The van der Waals surface area contributed by atoms with Crippen LogP contribution < -0.4 is 10.5 Å². The van der Waals surface area contributed by atoms with Crippen LogP contribution in [0.15, 0.2) is 16.6 Å². The van der Waals surface area contributed by atoms with Gasteiger partial charge in [-0.25, -0.2) is 0 Å². The molecule has 0 aromatic heterocycles. The smallest absolute Gasteiger partial charge is 0.217 e. The number of hydrogen-bond acceptors (Lipinski definition) is 2. The lowest BCUT2D eigenvalue weighted by molar-refractivity contribution is -0.118. The Hall–Kier alpha value is -0.740. The van der Waals surface area contributed by atoms with Gasteiger partial charge >= 0.3 is 0 Å². The normalized spacial score (nSPS) is 12.2. The SMILES string of the molecule is Cc1cc(Br)c(Cl)c(OC[C@@H](C)CCC(N)=O)c1. The highest BCUT2D eigenvalue weighted by Gasteiger charge is 2.10. The molecule has 2 N–H and O–H groups in total. The van der Waals surface area contributed by atoms with Crippen molar-refractivity contribution in [2.45, 2.75) is 26.7 Å². The zero-order valence-corrected chi connectivity index (χ0v) is 12.8. The molecule has 0 unspecified atom stereocenters. The number of aryl methyl sites for hydroxylation is 1. The standard InChI is InChI=1S/C13H17BrClNO2/c1-8(3-4-12(16)17)7-18-11-6-9(2)5-10(14)13(11)15/h5-6,8H,3-4,7H2,1-2H3,(H2,16,17)/t8-/m0/s1. The predicted molar refractivity (Wildman–Crippen MR) is 77.0 cm³/mol. The van der Waals surface area contributed by atoms with Crippen molar-refractivity contribution in [2.24, 2.45) is 11.7 Å². The van der Waals surface area contributed by atoms with Gasteiger partial charge < -0.3 is 10.5 Å². The molecular formula is C13H17BrClNO2. The largest absolute Gasteiger partial charge is 0.492 e. The highest BCUT2D eigenvalue weighted by molar-refractivity contribution is 9.10. The molecule has 0 spiro atoms. The average molecular weight is 335 g/mol. The molecule has 0 radical (unpaired) electrons. The molecule has 18 heavy (non-hydrogen) atoms. The van der Waals surface area contributed by atoms with Crippen molar-refractivity contribution in [3.63, 3.8) is 0 Å². The fourth-order valence-electron chi connectivity index (χ4n) is 1.50. The number of amides is 1. The molecule has 3 nitrogen and oxygen atoms in total. The van der Waals surface area contributed by atoms with Gasteiger partial charge in [0, 0.05) is 10.9 Å². The Balaban J connectivity index is 2.55. The van der Waals surface area contributed by atoms with Crippen LogP contribution >= 0.6 is 27.5 Å². The van der Waals surface area contributed by atoms with Crippen molar-refractivity contribution in [3.8, 4) is 5.75 Å². The highest BCUT2D eigenvalue weighted by atomic mass is 79.9. The Labute approximate surface area is 121 Å². The van der Waals surface area contributed by atoms with E-state index in [9.17, 15) is 4.79 Å². The molecule has 0 bridgehead atoms. The summed E-state index contributed by atoms with van der Waals surface area (Å²) in [5, 5.41) is 0.572. The number of carbonyl (C=O) groups excluding carboxylic acids is 1. The van der Waals surface area contributed by atoms with Crippen molar-refractivity contribution in [3.05, 3.63) is 27.2 Å². The van der Waals surface area contributed by atoms with Crippen LogP contribution in [0.3, 0.4) is 0 Å². The van der Waals surface area contributed by atoms with Gasteiger partial charge in [-0.1, -0.05) is 18.5 Å². The van der Waals surface area contributed by atoms with Crippen molar-refractivity contribution in [1.29, 1.82) is 0 Å². The van der Waals surface area contributed by atoms with E-state index in [0.29, 0.717) is 23.8 Å². The Morgan fingerprint density at radius 1 is 1.56 bits per heavy atom. The van der Waals surface area contributed by atoms with Gasteiger partial charge in [0.15, 0.2) is 0 Å². The third kappa shape index (κ3) is 4.86. The molecule has 100 valence electrons. The van der Waals surface area contributed by atoms with E-state index in [1.165, 1.54) is 0 Å². The van der Waals surface area contributed by atoms with Crippen molar-refractivity contribution < 1.29 is 9.53 Å². The number of primary amides is 1. The zero-order chi connectivity index (χ0) is 13.7. The molecule has 0 aliphatic rings. The lowest BCUT2D eigenvalue weighted by atomic mass is 10.1. The van der Waals surface area contributed by atoms with E-state index >= 15 is 0 Å². The molecule has 1 aromatic rings. The van der Waals surface area contributed by atoms with Gasteiger partial charge in [-0.15, -0.1) is 0 Å². The van der Waals surface area contributed by atoms with Gasteiger partial charge in [0.05, 0.1) is 11.6 Å². The summed E-state index contributed by atoms with van der Waals surface area (Å²) in [7, 11) is 0. The minimum absolute atomic E-state index is 0.257. The van der Waals surface area contributed by atoms with E-state index in [0.717, 1.165) is 16.5 Å². The summed E-state index contributed by atoms with van der Waals surface area (Å²) < 4.78 is 6.50. The maximum Gasteiger partial charge on any atom is 0.217 e. The number of benzene rings is 1. The zero-order valence-electron chi connectivity index (χ0n) is 10.5. The van der Waals surface area contributed by atoms with Crippen LogP contribution in [0.5, 0.6) is 5.75 Å². The monoisotopic (exact) mass is 333 g/mol. The second-order valence-electron chi connectivity index (χ2n) is 4.48. The maximum atomic E-state index is 10.7. The maximum absolute atomic E-state index is 10.7. The lowest BCUT2D eigenvalue weighted by Gasteiger charge is -2.14. The van der Waals surface area contributed by atoms with E-state index in [1.54, 1.807) is 0 Å². The molecule has 0 aliphatic heterocycles. The van der Waals surface area contributed by atoms with Crippen molar-refractivity contribution in [2.75, 3.05) is 6.61 Å². The molecule has 1 rings (SSSR count). The highest BCUT2D eigenvalue weighted by Crippen LogP contribution is 2.33. The van der Waals surface area contributed by atoms with Crippen molar-refractivity contribution >= 4 is 33.4 Å². The lowest BCUT2D eigenvalue weighted by Crippen LogP contribution is -2.15. The summed E-state index contributed by atoms with van der Waals surface area (Å²) in [6.07, 6.45) is 1.11. The molecule has 1 aromatic carbocycles. The summed E-state index contributed by atoms with van der Waals surface area (Å²) in [6.45, 7) is 4.51. The first-order valence-electron chi connectivity index (χ1n) is 5.77. The summed E-state index contributed by atoms with van der Waals surface area (Å²) in [5.41, 5.74) is 6.18. The van der Waals surface area contributed by atoms with Crippen LogP contribution in [-0.2, 0) is 4.79 Å². The molecule has 5 heteroatoms. The Kier molecular flexibility index (Phi) is 5.96. The molecular weight excluding hydrogens is 318 g/mol. The minimum atomic E-state index is -0.279. The third-order valence-corrected chi connectivity index (χ3v) is 3.79. The van der Waals surface area contributed by atoms with Gasteiger partial charge in [-0.05, 0) is 52.9 Å². The van der Waals surface area contributed by atoms with E-state index in [1.807, 2.05) is 26.0 Å². The molecule has 0 aliphatic carbocycles. The van der Waals surface area contributed by atoms with Gasteiger partial charge in [-0.3, -0.25) is 4.79 Å². The Morgan fingerprint density at radius 2 is 2.22 bits per heavy atom. The van der Waals surface area contributed by atoms with Gasteiger partial charge in [0.25, 0.3) is 0 Å².